The van der Waals surface area contributed by atoms with Crippen molar-refractivity contribution in [3.8, 4) is 0 Å². The molecule has 0 aromatic heterocycles. The van der Waals surface area contributed by atoms with Crippen molar-refractivity contribution in [3.05, 3.63) is 0 Å². The maximum atomic E-state index is 12.0. The van der Waals surface area contributed by atoms with Crippen LogP contribution in [0.5, 0.6) is 0 Å². The second-order valence-corrected chi connectivity index (χ2v) is 3.86. The largest absolute Gasteiger partial charge is 0.295 e. The van der Waals surface area contributed by atoms with Crippen molar-refractivity contribution in [2.75, 3.05) is 13.1 Å². The van der Waals surface area contributed by atoms with Gasteiger partial charge in [0, 0.05) is 6.04 Å². The van der Waals surface area contributed by atoms with E-state index >= 15 is 0 Å². The summed E-state index contributed by atoms with van der Waals surface area (Å²) in [5, 5.41) is 0. The number of hydrogen-bond donors (Lipinski definition) is 0. The fraction of sp³-hybridized carbons (Fsp3) is 1.00. The van der Waals surface area contributed by atoms with E-state index in [2.05, 4.69) is 6.92 Å². The van der Waals surface area contributed by atoms with Crippen molar-refractivity contribution in [1.29, 1.82) is 0 Å². The summed E-state index contributed by atoms with van der Waals surface area (Å²) in [5.41, 5.74) is 0. The smallest absolute Gasteiger partial charge is 0.251 e. The summed E-state index contributed by atoms with van der Waals surface area (Å²) in [4.78, 5) is 1.89. The van der Waals surface area contributed by atoms with Gasteiger partial charge in [-0.05, 0) is 32.2 Å². The number of halogens is 2. The predicted molar refractivity (Wildman–Crippen MR) is 45.4 cm³/mol. The van der Waals surface area contributed by atoms with E-state index < -0.39 is 6.43 Å². The predicted octanol–water partition coefficient (Wildman–Crippen LogP) is 2.37. The van der Waals surface area contributed by atoms with E-state index in [-0.39, 0.29) is 6.54 Å². The second-order valence-electron chi connectivity index (χ2n) is 3.86. The monoisotopic (exact) mass is 177 g/mol. The topological polar surface area (TPSA) is 3.24 Å². The van der Waals surface area contributed by atoms with Gasteiger partial charge in [-0.1, -0.05) is 6.92 Å². The van der Waals surface area contributed by atoms with Crippen LogP contribution in [-0.4, -0.2) is 30.5 Å². The highest BCUT2D eigenvalue weighted by atomic mass is 19.3. The Morgan fingerprint density at radius 2 is 2.08 bits per heavy atom. The molecule has 1 saturated heterocycles. The van der Waals surface area contributed by atoms with Gasteiger partial charge in [0.2, 0.25) is 0 Å². The van der Waals surface area contributed by atoms with Crippen LogP contribution < -0.4 is 0 Å². The third-order valence-electron chi connectivity index (χ3n) is 2.65. The molecule has 1 nitrogen and oxygen atoms in total. The molecule has 0 amide bonds. The molecule has 1 fully saturated rings. The molecule has 0 N–H and O–H groups in total. The molecule has 12 heavy (non-hydrogen) atoms. The van der Waals surface area contributed by atoms with E-state index in [1.807, 2.05) is 11.8 Å². The lowest BCUT2D eigenvalue weighted by molar-refractivity contribution is 0.0437. The molecule has 0 saturated carbocycles. The molecule has 1 aliphatic rings. The maximum Gasteiger partial charge on any atom is 0.251 e. The maximum absolute atomic E-state index is 12.0. The molecule has 0 aliphatic carbocycles. The van der Waals surface area contributed by atoms with Gasteiger partial charge in [0.1, 0.15) is 0 Å². The van der Waals surface area contributed by atoms with Gasteiger partial charge >= 0.3 is 0 Å². The first kappa shape index (κ1) is 9.90. The number of likely N-dealkylation sites (tertiary alicyclic amines) is 1. The Kier molecular flexibility index (Phi) is 3.44. The van der Waals surface area contributed by atoms with Crippen LogP contribution in [0.15, 0.2) is 0 Å². The van der Waals surface area contributed by atoms with E-state index in [9.17, 15) is 8.78 Å². The lowest BCUT2D eigenvalue weighted by atomic mass is 9.93. The van der Waals surface area contributed by atoms with Crippen LogP contribution in [-0.2, 0) is 0 Å². The van der Waals surface area contributed by atoms with Crippen molar-refractivity contribution >= 4 is 0 Å². The minimum absolute atomic E-state index is 0.0477. The number of rotatable bonds is 2. The van der Waals surface area contributed by atoms with E-state index in [1.165, 1.54) is 0 Å². The lowest BCUT2D eigenvalue weighted by Crippen LogP contribution is -2.42. The Morgan fingerprint density at radius 1 is 1.42 bits per heavy atom. The first-order chi connectivity index (χ1) is 5.59. The summed E-state index contributed by atoms with van der Waals surface area (Å²) in [5.74, 6) is 0.703. The fourth-order valence-electron chi connectivity index (χ4n) is 1.90. The Morgan fingerprint density at radius 3 is 2.58 bits per heavy atom. The molecule has 2 atom stereocenters. The molecule has 1 rings (SSSR count). The molecule has 0 bridgehead atoms. The van der Waals surface area contributed by atoms with Crippen molar-refractivity contribution in [2.45, 2.75) is 39.2 Å². The van der Waals surface area contributed by atoms with Crippen molar-refractivity contribution < 1.29 is 8.78 Å². The van der Waals surface area contributed by atoms with Crippen LogP contribution in [0.4, 0.5) is 8.78 Å². The molecule has 1 heterocycles. The van der Waals surface area contributed by atoms with Gasteiger partial charge in [-0.25, -0.2) is 8.78 Å². The van der Waals surface area contributed by atoms with Crippen LogP contribution in [0.1, 0.15) is 26.7 Å². The minimum atomic E-state index is -2.18. The Balaban J connectivity index is 2.34. The normalized spacial score (nSPS) is 32.8. The Bertz CT molecular complexity index is 138. The van der Waals surface area contributed by atoms with Crippen LogP contribution in [0.3, 0.4) is 0 Å². The summed E-state index contributed by atoms with van der Waals surface area (Å²) in [6, 6.07) is 0.336. The van der Waals surface area contributed by atoms with E-state index in [0.29, 0.717) is 12.0 Å². The van der Waals surface area contributed by atoms with E-state index in [1.54, 1.807) is 0 Å². The molecule has 0 radical (unpaired) electrons. The zero-order valence-corrected chi connectivity index (χ0v) is 7.76. The first-order valence-electron chi connectivity index (χ1n) is 4.61. The lowest BCUT2D eigenvalue weighted by Gasteiger charge is -2.36. The average molecular weight is 177 g/mol. The minimum Gasteiger partial charge on any atom is -0.295 e. The SMILES string of the molecule is CC1CCN(CC(F)F)C(C)C1. The van der Waals surface area contributed by atoms with Crippen LogP contribution >= 0.6 is 0 Å². The number of hydrogen-bond acceptors (Lipinski definition) is 1. The first-order valence-corrected chi connectivity index (χ1v) is 4.61. The zero-order chi connectivity index (χ0) is 9.14. The number of alkyl halides is 2. The summed E-state index contributed by atoms with van der Waals surface area (Å²) in [7, 11) is 0. The van der Waals surface area contributed by atoms with Crippen molar-refractivity contribution in [3.63, 3.8) is 0 Å². The molecule has 0 aromatic carbocycles. The van der Waals surface area contributed by atoms with Crippen LogP contribution in [0.2, 0.25) is 0 Å². The molecular weight excluding hydrogens is 160 g/mol. The number of piperidine rings is 1. The molecule has 0 spiro atoms. The summed E-state index contributed by atoms with van der Waals surface area (Å²) < 4.78 is 24.1. The van der Waals surface area contributed by atoms with E-state index in [4.69, 9.17) is 0 Å². The second kappa shape index (κ2) is 4.17. The number of nitrogens with zero attached hydrogens (tertiary/aromatic N) is 1. The van der Waals surface area contributed by atoms with Gasteiger partial charge in [-0.2, -0.15) is 0 Å². The average Bonchev–Trinajstić information content (AvgIpc) is 1.94. The van der Waals surface area contributed by atoms with Crippen molar-refractivity contribution in [1.82, 2.24) is 4.90 Å². The highest BCUT2D eigenvalue weighted by molar-refractivity contribution is 4.76. The van der Waals surface area contributed by atoms with E-state index in [0.717, 1.165) is 19.4 Å². The van der Waals surface area contributed by atoms with Crippen LogP contribution in [0.25, 0.3) is 0 Å². The Labute approximate surface area is 72.7 Å². The highest BCUT2D eigenvalue weighted by Crippen LogP contribution is 2.22. The quantitative estimate of drug-likeness (QED) is 0.626. The van der Waals surface area contributed by atoms with Crippen LogP contribution in [0, 0.1) is 5.92 Å². The third-order valence-corrected chi connectivity index (χ3v) is 2.65. The van der Waals surface area contributed by atoms with Gasteiger partial charge in [-0.3, -0.25) is 4.90 Å². The molecule has 2 unspecified atom stereocenters. The van der Waals surface area contributed by atoms with Gasteiger partial charge in [-0.15, -0.1) is 0 Å². The zero-order valence-electron chi connectivity index (χ0n) is 7.76. The summed E-state index contributed by atoms with van der Waals surface area (Å²) in [6.07, 6.45) is -0.0510. The van der Waals surface area contributed by atoms with Gasteiger partial charge in [0.05, 0.1) is 6.54 Å². The molecule has 0 aromatic rings. The third kappa shape index (κ3) is 2.70. The molecular formula is C9H17F2N. The van der Waals surface area contributed by atoms with Gasteiger partial charge in [0.15, 0.2) is 0 Å². The molecule has 3 heteroatoms. The molecule has 1 aliphatic heterocycles. The summed E-state index contributed by atoms with van der Waals surface area (Å²) in [6.45, 7) is 5.02. The Hall–Kier alpha value is -0.180. The molecule has 72 valence electrons. The van der Waals surface area contributed by atoms with Gasteiger partial charge in [0.25, 0.3) is 6.43 Å². The standard InChI is InChI=1S/C9H17F2N/c1-7-3-4-12(6-9(10)11)8(2)5-7/h7-9H,3-6H2,1-2H3. The van der Waals surface area contributed by atoms with Crippen molar-refractivity contribution in [2.24, 2.45) is 5.92 Å². The van der Waals surface area contributed by atoms with Gasteiger partial charge < -0.3 is 0 Å². The highest BCUT2D eigenvalue weighted by Gasteiger charge is 2.24. The fourth-order valence-corrected chi connectivity index (χ4v) is 1.90. The summed E-state index contributed by atoms with van der Waals surface area (Å²) >= 11 is 0.